The van der Waals surface area contributed by atoms with Crippen molar-refractivity contribution in [2.45, 2.75) is 59.3 Å². The molecule has 1 unspecified atom stereocenters. The Morgan fingerprint density at radius 1 is 1.20 bits per heavy atom. The van der Waals surface area contributed by atoms with E-state index in [1.807, 2.05) is 33.8 Å². The van der Waals surface area contributed by atoms with E-state index in [1.165, 1.54) is 0 Å². The van der Waals surface area contributed by atoms with Gasteiger partial charge >= 0.3 is 0 Å². The van der Waals surface area contributed by atoms with Gasteiger partial charge in [0.25, 0.3) is 5.92 Å². The minimum Gasteiger partial charge on any atom is -0.333 e. The van der Waals surface area contributed by atoms with E-state index in [9.17, 15) is 8.78 Å². The number of aryl methyl sites for hydroxylation is 1. The second-order valence-corrected chi connectivity index (χ2v) is 5.53. The summed E-state index contributed by atoms with van der Waals surface area (Å²) in [7, 11) is 0. The van der Waals surface area contributed by atoms with Crippen LogP contribution in [0.15, 0.2) is 18.2 Å². The number of rotatable bonds is 0. The summed E-state index contributed by atoms with van der Waals surface area (Å²) < 4.78 is 34.6. The van der Waals surface area contributed by atoms with Crippen LogP contribution >= 0.6 is 12.9 Å². The molecule has 0 saturated carbocycles. The largest absolute Gasteiger partial charge is 0.333 e. The van der Waals surface area contributed by atoms with Crippen molar-refractivity contribution in [1.82, 2.24) is 0 Å². The summed E-state index contributed by atoms with van der Waals surface area (Å²) in [5.41, 5.74) is 1.89. The van der Waals surface area contributed by atoms with Gasteiger partial charge in [-0.05, 0) is 42.3 Å². The third kappa shape index (κ3) is 3.53. The average Bonchev–Trinajstić information content (AvgIpc) is 2.41. The van der Waals surface area contributed by atoms with E-state index in [0.717, 1.165) is 11.1 Å². The molecule has 1 aliphatic rings. The van der Waals surface area contributed by atoms with E-state index in [4.69, 9.17) is 4.55 Å². The lowest BCUT2D eigenvalue weighted by Crippen LogP contribution is -2.39. The molecule has 0 spiro atoms. The molecular weight excluding hydrogens is 278 g/mol. The first-order valence-corrected chi connectivity index (χ1v) is 7.35. The number of hydrogen-bond acceptors (Lipinski definition) is 2. The van der Waals surface area contributed by atoms with Gasteiger partial charge < -0.3 is 4.55 Å². The van der Waals surface area contributed by atoms with Crippen LogP contribution in [0.2, 0.25) is 0 Å². The van der Waals surface area contributed by atoms with Crippen molar-refractivity contribution in [3.05, 3.63) is 34.9 Å². The quantitative estimate of drug-likeness (QED) is 0.457. The average molecular weight is 304 g/mol. The maximum Gasteiger partial charge on any atom is 0.273 e. The van der Waals surface area contributed by atoms with Crippen LogP contribution in [0.4, 0.5) is 8.78 Å². The van der Waals surface area contributed by atoms with Crippen molar-refractivity contribution >= 4 is 12.9 Å². The fourth-order valence-electron chi connectivity index (χ4n) is 2.82. The van der Waals surface area contributed by atoms with Crippen LogP contribution in [-0.2, 0) is 11.3 Å². The molecule has 0 radical (unpaired) electrons. The summed E-state index contributed by atoms with van der Waals surface area (Å²) in [6, 6.07) is 5.23. The molecule has 0 saturated heterocycles. The topological polar surface area (TPSA) is 20.2 Å². The summed E-state index contributed by atoms with van der Waals surface area (Å²) in [5, 5.41) is 0. The Bertz CT molecular complexity index is 430. The molecule has 1 aromatic carbocycles. The highest BCUT2D eigenvalue weighted by molar-refractivity contribution is 7.74. The Balaban J connectivity index is 0.000000829. The van der Waals surface area contributed by atoms with Gasteiger partial charge in [0.05, 0.1) is 0 Å². The Kier molecular flexibility index (Phi) is 7.19. The predicted octanol–water partition coefficient (Wildman–Crippen LogP) is 5.82. The third-order valence-electron chi connectivity index (χ3n) is 4.11. The molecular formula is C16H26F2OS. The first-order valence-electron chi connectivity index (χ1n) is 6.95. The van der Waals surface area contributed by atoms with Crippen LogP contribution in [-0.4, -0.2) is 4.55 Å². The normalized spacial score (nSPS) is 21.6. The van der Waals surface area contributed by atoms with Gasteiger partial charge in [0.2, 0.25) is 0 Å². The molecule has 20 heavy (non-hydrogen) atoms. The second kappa shape index (κ2) is 7.41. The summed E-state index contributed by atoms with van der Waals surface area (Å²) in [6.07, 6.45) is -0.0452. The molecule has 1 atom stereocenters. The molecule has 1 N–H and O–H groups in total. The van der Waals surface area contributed by atoms with Crippen LogP contribution in [0, 0.1) is 12.8 Å². The van der Waals surface area contributed by atoms with Gasteiger partial charge in [-0.25, -0.2) is 8.78 Å². The van der Waals surface area contributed by atoms with Crippen LogP contribution in [0.5, 0.6) is 0 Å². The minimum absolute atomic E-state index is 0.00361. The van der Waals surface area contributed by atoms with Crippen LogP contribution in [0.25, 0.3) is 0 Å². The number of alkyl halides is 2. The van der Waals surface area contributed by atoms with Gasteiger partial charge in [0.1, 0.15) is 0 Å². The fourth-order valence-corrected chi connectivity index (χ4v) is 2.82. The molecule has 0 amide bonds. The van der Waals surface area contributed by atoms with Gasteiger partial charge in [0, 0.05) is 12.0 Å². The first-order chi connectivity index (χ1) is 9.27. The number of thiol groups is 1. The van der Waals surface area contributed by atoms with E-state index in [2.05, 4.69) is 26.8 Å². The van der Waals surface area contributed by atoms with E-state index >= 15 is 0 Å². The molecule has 1 aliphatic carbocycles. The highest BCUT2D eigenvalue weighted by atomic mass is 32.1. The molecule has 0 fully saturated rings. The zero-order chi connectivity index (χ0) is 16.1. The predicted molar refractivity (Wildman–Crippen MR) is 84.8 cm³/mol. The molecule has 1 nitrogen and oxygen atoms in total. The van der Waals surface area contributed by atoms with Gasteiger partial charge in [-0.2, -0.15) is 0 Å². The summed E-state index contributed by atoms with van der Waals surface area (Å²) >= 11 is 2.53. The first kappa shape index (κ1) is 19.4. The van der Waals surface area contributed by atoms with E-state index < -0.39 is 5.92 Å². The minimum atomic E-state index is -2.67. The Hall–Kier alpha value is -0.610. The molecule has 1 aromatic rings. The Morgan fingerprint density at radius 2 is 1.70 bits per heavy atom. The van der Waals surface area contributed by atoms with Crippen molar-refractivity contribution in [3.8, 4) is 0 Å². The van der Waals surface area contributed by atoms with E-state index in [0.29, 0.717) is 0 Å². The van der Waals surface area contributed by atoms with Crippen molar-refractivity contribution in [2.75, 3.05) is 0 Å². The van der Waals surface area contributed by atoms with E-state index in [-0.39, 0.29) is 23.3 Å². The number of halogens is 2. The van der Waals surface area contributed by atoms with Gasteiger partial charge in [0.15, 0.2) is 0 Å². The lowest BCUT2D eigenvalue weighted by molar-refractivity contribution is -0.0493. The van der Waals surface area contributed by atoms with Crippen LogP contribution in [0.1, 0.15) is 57.7 Å². The summed E-state index contributed by atoms with van der Waals surface area (Å²) in [6.45, 7) is 12.0. The summed E-state index contributed by atoms with van der Waals surface area (Å²) in [4.78, 5) is 0. The standard InChI is InChI=1S/C14H18F2.C2H6.H2OS/c1-9-6-5-7-11-12(9)13(3,4)10(2)8-14(11,15)16;2*1-2/h5-7,10H,8H2,1-4H3;1-2H3;1-2H. The molecule has 2 rings (SSSR count). The number of benzene rings is 1. The van der Waals surface area contributed by atoms with Crippen molar-refractivity contribution in [3.63, 3.8) is 0 Å². The molecule has 0 bridgehead atoms. The number of hydrogen-bond donors (Lipinski definition) is 2. The monoisotopic (exact) mass is 304 g/mol. The molecule has 4 heteroatoms. The van der Waals surface area contributed by atoms with Gasteiger partial charge in [-0.3, -0.25) is 0 Å². The van der Waals surface area contributed by atoms with Crippen molar-refractivity contribution < 1.29 is 13.3 Å². The van der Waals surface area contributed by atoms with E-state index in [1.54, 1.807) is 12.1 Å². The lowest BCUT2D eigenvalue weighted by Gasteiger charge is -2.43. The van der Waals surface area contributed by atoms with Gasteiger partial charge in [-0.1, -0.05) is 52.8 Å². The summed E-state index contributed by atoms with van der Waals surface area (Å²) in [5.74, 6) is -2.67. The lowest BCUT2D eigenvalue weighted by atomic mass is 9.64. The molecule has 116 valence electrons. The SMILES string of the molecule is CC.Cc1cccc2c1C(C)(C)C(C)CC2(F)F.OS. The number of fused-ring (bicyclic) bond motifs is 1. The highest BCUT2D eigenvalue weighted by Crippen LogP contribution is 2.51. The Labute approximate surface area is 127 Å². The van der Waals surface area contributed by atoms with Crippen LogP contribution in [0.3, 0.4) is 0 Å². The maximum absolute atomic E-state index is 14.0. The molecule has 0 aromatic heterocycles. The van der Waals surface area contributed by atoms with Gasteiger partial charge in [-0.15, -0.1) is 0 Å². The second-order valence-electron chi connectivity index (χ2n) is 5.53. The highest BCUT2D eigenvalue weighted by Gasteiger charge is 2.48. The van der Waals surface area contributed by atoms with Crippen molar-refractivity contribution in [2.24, 2.45) is 5.92 Å². The van der Waals surface area contributed by atoms with Crippen molar-refractivity contribution in [1.29, 1.82) is 0 Å². The zero-order valence-corrected chi connectivity index (χ0v) is 14.1. The third-order valence-corrected chi connectivity index (χ3v) is 4.11. The zero-order valence-electron chi connectivity index (χ0n) is 13.2. The smallest absolute Gasteiger partial charge is 0.273 e. The fraction of sp³-hybridized carbons (Fsp3) is 0.625. The maximum atomic E-state index is 14.0. The Morgan fingerprint density at radius 3 is 2.20 bits per heavy atom. The molecule has 0 heterocycles. The van der Waals surface area contributed by atoms with Crippen LogP contribution < -0.4 is 0 Å². The molecule has 0 aliphatic heterocycles.